The maximum absolute atomic E-state index is 4.30. The summed E-state index contributed by atoms with van der Waals surface area (Å²) in [6.07, 6.45) is 17.2. The molecule has 8 aromatic rings. The van der Waals surface area contributed by atoms with Gasteiger partial charge in [0.2, 0.25) is 0 Å². The van der Waals surface area contributed by atoms with Crippen molar-refractivity contribution < 1.29 is 3.96 Å². The van der Waals surface area contributed by atoms with Crippen LogP contribution in [0.5, 0.6) is 0 Å². The summed E-state index contributed by atoms with van der Waals surface area (Å²) in [7, 11) is 0. The SMILES string of the molecule is CC(C)[n+]1cc2ccccc2s1.CC(C)c1ccccc1.CC(C)n1cccn1.CC(C)n1cccn1.CC(C)n1ccnc1.CC(C)n1cnc2ccccc21. The van der Waals surface area contributed by atoms with Crippen LogP contribution in [0.1, 0.15) is 125 Å². The van der Waals surface area contributed by atoms with Crippen LogP contribution in [0.15, 0.2) is 147 Å². The maximum atomic E-state index is 4.30. The summed E-state index contributed by atoms with van der Waals surface area (Å²) in [6, 6.07) is 33.6. The Kier molecular flexibility index (Phi) is 19.6. The first-order chi connectivity index (χ1) is 27.3. The number of rotatable bonds is 6. The molecule has 57 heavy (non-hydrogen) atoms. The Labute approximate surface area is 345 Å². The highest BCUT2D eigenvalue weighted by molar-refractivity contribution is 7.09. The number of para-hydroxylation sites is 2. The smallest absolute Gasteiger partial charge is 0.192 e. The Morgan fingerprint density at radius 2 is 1.12 bits per heavy atom. The Bertz CT molecular complexity index is 2020. The number of hydrogen-bond donors (Lipinski definition) is 0. The second-order valence-electron chi connectivity index (χ2n) is 15.3. The van der Waals surface area contributed by atoms with Crippen molar-refractivity contribution in [3.8, 4) is 0 Å². The molecule has 0 aliphatic rings. The number of nitrogens with zero attached hydrogens (tertiary/aromatic N) is 9. The molecule has 0 radical (unpaired) electrons. The van der Waals surface area contributed by atoms with E-state index in [2.05, 4.69) is 177 Å². The zero-order chi connectivity index (χ0) is 41.7. The van der Waals surface area contributed by atoms with Gasteiger partial charge in [-0.25, -0.2) is 9.97 Å². The van der Waals surface area contributed by atoms with Gasteiger partial charge in [-0.2, -0.15) is 10.2 Å². The van der Waals surface area contributed by atoms with Crippen LogP contribution in [0.3, 0.4) is 0 Å². The standard InChI is InChI=1S/C10H12N2.C10H12NS.C9H12.3C6H10N2/c1-8(2)12-7-11-9-5-3-4-6-10(9)12;1-8(2)11-7-9-5-3-4-6-10(9)12-11;1-8(2)9-6-4-3-5-7-9;1-6(2)8-4-3-7-5-8;2*1-6(2)8-5-3-4-7-8/h2*3-8H,1-2H3;3-8H,1-2H3;3*3-6H,1-2H3/q;+1;;;;. The normalized spacial score (nSPS) is 10.7. The molecular weight excluding hydrogens is 723 g/mol. The van der Waals surface area contributed by atoms with E-state index in [1.54, 1.807) is 18.6 Å². The molecule has 0 aliphatic heterocycles. The van der Waals surface area contributed by atoms with Crippen LogP contribution in [-0.2, 0) is 0 Å². The fourth-order valence-electron chi connectivity index (χ4n) is 5.18. The second-order valence-corrected chi connectivity index (χ2v) is 16.3. The van der Waals surface area contributed by atoms with E-state index in [4.69, 9.17) is 0 Å². The zero-order valence-electron chi connectivity index (χ0n) is 36.3. The molecule has 0 unspecified atom stereocenters. The largest absolute Gasteiger partial charge is 0.335 e. The summed E-state index contributed by atoms with van der Waals surface area (Å²) in [5, 5.41) is 9.41. The lowest BCUT2D eigenvalue weighted by Crippen LogP contribution is -2.29. The lowest BCUT2D eigenvalue weighted by Gasteiger charge is -2.06. The predicted octanol–water partition coefficient (Wildman–Crippen LogP) is 12.6. The van der Waals surface area contributed by atoms with Crippen LogP contribution in [0, 0.1) is 0 Å². The zero-order valence-corrected chi connectivity index (χ0v) is 37.1. The van der Waals surface area contributed by atoms with E-state index in [0.29, 0.717) is 36.1 Å². The van der Waals surface area contributed by atoms with E-state index in [1.165, 1.54) is 21.2 Å². The van der Waals surface area contributed by atoms with Crippen molar-refractivity contribution >= 4 is 32.7 Å². The Hall–Kier alpha value is -5.35. The third-order valence-corrected chi connectivity index (χ3v) is 9.94. The third kappa shape index (κ3) is 16.0. The summed E-state index contributed by atoms with van der Waals surface area (Å²) in [4.78, 5) is 8.21. The maximum Gasteiger partial charge on any atom is 0.192 e. The quantitative estimate of drug-likeness (QED) is 0.157. The van der Waals surface area contributed by atoms with Gasteiger partial charge in [0.1, 0.15) is 16.2 Å². The molecule has 8 rings (SSSR count). The van der Waals surface area contributed by atoms with Crippen molar-refractivity contribution in [2.24, 2.45) is 0 Å². The minimum atomic E-state index is 0.484. The van der Waals surface area contributed by atoms with Gasteiger partial charge in [-0.3, -0.25) is 9.36 Å². The molecule has 10 heteroatoms. The van der Waals surface area contributed by atoms with Crippen molar-refractivity contribution in [3.63, 3.8) is 0 Å². The number of fused-ring (bicyclic) bond motifs is 2. The molecule has 0 aliphatic carbocycles. The average Bonchev–Trinajstić information content (AvgIpc) is 4.06. The summed E-state index contributed by atoms with van der Waals surface area (Å²) < 4.78 is 11.7. The lowest BCUT2D eigenvalue weighted by molar-refractivity contribution is -0.649. The summed E-state index contributed by atoms with van der Waals surface area (Å²) in [6.45, 7) is 25.8. The summed E-state index contributed by atoms with van der Waals surface area (Å²) in [5.74, 6) is 0.659. The first-order valence-corrected chi connectivity index (χ1v) is 20.9. The second kappa shape index (κ2) is 24.3. The third-order valence-electron chi connectivity index (χ3n) is 8.63. The van der Waals surface area contributed by atoms with Gasteiger partial charge >= 0.3 is 0 Å². The van der Waals surface area contributed by atoms with Gasteiger partial charge < -0.3 is 9.13 Å². The van der Waals surface area contributed by atoms with E-state index in [9.17, 15) is 0 Å². The van der Waals surface area contributed by atoms with Gasteiger partial charge in [0.25, 0.3) is 0 Å². The van der Waals surface area contributed by atoms with Crippen LogP contribution in [0.2, 0.25) is 0 Å². The Balaban J connectivity index is 0.000000185. The first kappa shape index (κ1) is 46.0. The minimum Gasteiger partial charge on any atom is -0.335 e. The number of benzene rings is 3. The molecule has 0 saturated carbocycles. The molecule has 0 amide bonds. The first-order valence-electron chi connectivity index (χ1n) is 20.1. The van der Waals surface area contributed by atoms with Gasteiger partial charge in [0.15, 0.2) is 12.2 Å². The summed E-state index contributed by atoms with van der Waals surface area (Å²) in [5.41, 5.74) is 3.70. The van der Waals surface area contributed by atoms with Crippen molar-refractivity contribution in [2.75, 3.05) is 0 Å². The fourth-order valence-corrected chi connectivity index (χ4v) is 6.15. The molecule has 3 aromatic carbocycles. The van der Waals surface area contributed by atoms with Gasteiger partial charge in [-0.1, -0.05) is 68.4 Å². The van der Waals surface area contributed by atoms with E-state index in [1.807, 2.05) is 88.5 Å². The van der Waals surface area contributed by atoms with Crippen LogP contribution in [-0.4, -0.2) is 38.7 Å². The van der Waals surface area contributed by atoms with E-state index in [-0.39, 0.29) is 0 Å². The van der Waals surface area contributed by atoms with E-state index in [0.717, 1.165) is 5.52 Å². The van der Waals surface area contributed by atoms with Crippen molar-refractivity contribution in [1.29, 1.82) is 0 Å². The van der Waals surface area contributed by atoms with Crippen LogP contribution in [0.25, 0.3) is 21.1 Å². The number of imidazole rings is 2. The van der Waals surface area contributed by atoms with Gasteiger partial charge in [0.05, 0.1) is 29.1 Å². The van der Waals surface area contributed by atoms with Gasteiger partial charge in [-0.05, 0) is 117 Å². The highest BCUT2D eigenvalue weighted by Crippen LogP contribution is 2.18. The monoisotopic (exact) mass is 789 g/mol. The molecule has 0 N–H and O–H groups in total. The van der Waals surface area contributed by atoms with Crippen LogP contribution in [0.4, 0.5) is 0 Å². The minimum absolute atomic E-state index is 0.484. The van der Waals surface area contributed by atoms with Crippen molar-refractivity contribution in [2.45, 2.75) is 119 Å². The predicted molar refractivity (Wildman–Crippen MR) is 241 cm³/mol. The fraction of sp³-hybridized carbons (Fsp3) is 0.383. The highest BCUT2D eigenvalue weighted by atomic mass is 32.1. The average molecular weight is 789 g/mol. The van der Waals surface area contributed by atoms with Crippen molar-refractivity contribution in [3.05, 3.63) is 153 Å². The molecule has 0 bridgehead atoms. The Morgan fingerprint density at radius 3 is 1.54 bits per heavy atom. The van der Waals surface area contributed by atoms with Crippen LogP contribution >= 0.6 is 11.5 Å². The molecule has 5 heterocycles. The molecule has 0 fully saturated rings. The molecule has 9 nitrogen and oxygen atoms in total. The number of aromatic nitrogens is 9. The molecule has 304 valence electrons. The topological polar surface area (TPSA) is 75.2 Å². The van der Waals surface area contributed by atoms with Crippen LogP contribution < -0.4 is 3.96 Å². The van der Waals surface area contributed by atoms with Gasteiger partial charge in [0, 0.05) is 61.3 Å². The molecular formula is C47H66N9S+. The molecule has 0 saturated heterocycles. The highest BCUT2D eigenvalue weighted by Gasteiger charge is 2.11. The van der Waals surface area contributed by atoms with Gasteiger partial charge in [-0.15, -0.1) is 3.96 Å². The molecule has 0 spiro atoms. The molecule has 5 aromatic heterocycles. The Morgan fingerprint density at radius 1 is 0.544 bits per heavy atom. The van der Waals surface area contributed by atoms with Crippen molar-refractivity contribution in [1.82, 2.24) is 38.7 Å². The summed E-state index contributed by atoms with van der Waals surface area (Å²) >= 11 is 1.82. The van der Waals surface area contributed by atoms with E-state index >= 15 is 0 Å². The molecule has 0 atom stereocenters. The lowest BCUT2D eigenvalue weighted by atomic mass is 10.0. The van der Waals surface area contributed by atoms with E-state index < -0.39 is 0 Å². The number of hydrogen-bond acceptors (Lipinski definition) is 5.